The van der Waals surface area contributed by atoms with E-state index in [9.17, 15) is 14.7 Å². The number of ether oxygens (including phenoxy) is 3. The van der Waals surface area contributed by atoms with Gasteiger partial charge < -0.3 is 34.0 Å². The fourth-order valence-corrected chi connectivity index (χ4v) is 9.10. The maximum absolute atomic E-state index is 13.6. The van der Waals surface area contributed by atoms with Crippen molar-refractivity contribution >= 4 is 34.7 Å². The average molecular weight is 772 g/mol. The summed E-state index contributed by atoms with van der Waals surface area (Å²) in [7, 11) is 1.98. The van der Waals surface area contributed by atoms with Crippen LogP contribution in [0.3, 0.4) is 0 Å². The van der Waals surface area contributed by atoms with Gasteiger partial charge in [-0.3, -0.25) is 0 Å². The number of rotatable bonds is 10. The van der Waals surface area contributed by atoms with Gasteiger partial charge in [0.05, 0.1) is 11.1 Å². The molecule has 58 heavy (non-hydrogen) atoms. The van der Waals surface area contributed by atoms with Gasteiger partial charge in [0.2, 0.25) is 0 Å². The summed E-state index contributed by atoms with van der Waals surface area (Å²) in [5.74, 6) is 0.467. The van der Waals surface area contributed by atoms with E-state index in [1.807, 2.05) is 116 Å². The zero-order valence-corrected chi connectivity index (χ0v) is 33.3. The highest BCUT2D eigenvalue weighted by atomic mass is 16.6. The van der Waals surface area contributed by atoms with Gasteiger partial charge in [-0.15, -0.1) is 0 Å². The second-order valence-corrected chi connectivity index (χ2v) is 14.8. The van der Waals surface area contributed by atoms with Crippen LogP contribution in [0.2, 0.25) is 0 Å². The van der Waals surface area contributed by atoms with Crippen molar-refractivity contribution in [1.82, 2.24) is 0 Å². The Bertz CT molecular complexity index is 2600. The molecule has 3 aliphatic heterocycles. The van der Waals surface area contributed by atoms with Crippen LogP contribution in [0.1, 0.15) is 81.8 Å². The van der Waals surface area contributed by atoms with Gasteiger partial charge in [0.25, 0.3) is 0 Å². The van der Waals surface area contributed by atoms with E-state index in [0.717, 1.165) is 65.6 Å². The minimum Gasteiger partial charge on any atom is -0.507 e. The van der Waals surface area contributed by atoms with E-state index >= 15 is 0 Å². The quantitative estimate of drug-likeness (QED) is 0.137. The third kappa shape index (κ3) is 5.36. The van der Waals surface area contributed by atoms with Gasteiger partial charge >= 0.3 is 11.9 Å². The number of phenols is 1. The first-order valence-electron chi connectivity index (χ1n) is 20.0. The first-order valence-corrected chi connectivity index (χ1v) is 20.0. The monoisotopic (exact) mass is 771 g/mol. The van der Waals surface area contributed by atoms with Crippen molar-refractivity contribution in [2.45, 2.75) is 38.9 Å². The number of fused-ring (bicyclic) bond motifs is 7. The fourth-order valence-electron chi connectivity index (χ4n) is 9.10. The summed E-state index contributed by atoms with van der Waals surface area (Å²) in [4.78, 5) is 33.5. The largest absolute Gasteiger partial charge is 0.507 e. The van der Waals surface area contributed by atoms with E-state index in [2.05, 4.69) is 48.5 Å². The van der Waals surface area contributed by atoms with E-state index in [1.165, 1.54) is 0 Å². The first-order chi connectivity index (χ1) is 28.2. The average Bonchev–Trinajstić information content (AvgIpc) is 3.72. The Morgan fingerprint density at radius 1 is 0.500 bits per heavy atom. The molecule has 0 bridgehead atoms. The van der Waals surface area contributed by atoms with Crippen LogP contribution in [0.15, 0.2) is 127 Å². The van der Waals surface area contributed by atoms with Crippen LogP contribution >= 0.6 is 0 Å². The molecule has 292 valence electrons. The Balaban J connectivity index is 1.12. The number of cyclic esters (lactones) is 1. The van der Waals surface area contributed by atoms with Crippen molar-refractivity contribution < 1.29 is 28.9 Å². The summed E-state index contributed by atoms with van der Waals surface area (Å²) in [6.45, 7) is 11.7. The number of anilines is 4. The number of esters is 2. The van der Waals surface area contributed by atoms with Crippen molar-refractivity contribution in [3.05, 3.63) is 172 Å². The molecular formula is C49H45N3O6. The van der Waals surface area contributed by atoms with Gasteiger partial charge in [0, 0.05) is 101 Å². The Morgan fingerprint density at radius 2 is 1.02 bits per heavy atom. The van der Waals surface area contributed by atoms with Crippen LogP contribution in [0, 0.1) is 0 Å². The smallest absolute Gasteiger partial charge is 0.340 e. The minimum atomic E-state index is -1.37. The summed E-state index contributed by atoms with van der Waals surface area (Å²) < 4.78 is 19.5. The van der Waals surface area contributed by atoms with Gasteiger partial charge in [-0.2, -0.15) is 0 Å². The topological polar surface area (TPSA) is 91.8 Å². The molecule has 0 aliphatic carbocycles. The van der Waals surface area contributed by atoms with Crippen molar-refractivity contribution in [3.8, 4) is 17.2 Å². The highest BCUT2D eigenvalue weighted by Gasteiger charge is 2.54. The molecule has 9 nitrogen and oxygen atoms in total. The normalized spacial score (nSPS) is 18.4. The zero-order chi connectivity index (χ0) is 40.3. The van der Waals surface area contributed by atoms with Gasteiger partial charge in [-0.05, 0) is 94.4 Å². The Labute approximate surface area is 338 Å². The summed E-state index contributed by atoms with van der Waals surface area (Å²) in [6, 6.07) is 40.4. The summed E-state index contributed by atoms with van der Waals surface area (Å²) in [5, 5.41) is 11.6. The maximum atomic E-state index is 13.6. The summed E-state index contributed by atoms with van der Waals surface area (Å²) >= 11 is 0. The molecule has 9 heteroatoms. The van der Waals surface area contributed by atoms with E-state index in [0.29, 0.717) is 39.3 Å². The van der Waals surface area contributed by atoms with Gasteiger partial charge in [-0.25, -0.2) is 9.59 Å². The molecule has 6 aromatic carbocycles. The van der Waals surface area contributed by atoms with Crippen molar-refractivity contribution in [2.24, 2.45) is 0 Å². The van der Waals surface area contributed by atoms with E-state index in [1.54, 1.807) is 12.1 Å². The third-order valence-electron chi connectivity index (χ3n) is 12.1. The Kier molecular flexibility index (Phi) is 8.91. The predicted molar refractivity (Wildman–Crippen MR) is 226 cm³/mol. The second kappa shape index (κ2) is 14.0. The van der Waals surface area contributed by atoms with Crippen LogP contribution < -0.4 is 19.4 Å². The van der Waals surface area contributed by atoms with Gasteiger partial charge in [-0.1, -0.05) is 48.5 Å². The molecule has 9 rings (SSSR count). The third-order valence-corrected chi connectivity index (χ3v) is 12.1. The van der Waals surface area contributed by atoms with Gasteiger partial charge in [0.15, 0.2) is 11.2 Å². The lowest BCUT2D eigenvalue weighted by molar-refractivity contribution is 0.0220. The minimum absolute atomic E-state index is 0.0420. The molecule has 0 amide bonds. The van der Waals surface area contributed by atoms with Crippen LogP contribution in [-0.4, -0.2) is 50.3 Å². The molecule has 2 atom stereocenters. The zero-order valence-electron chi connectivity index (χ0n) is 33.3. The molecular weight excluding hydrogens is 727 g/mol. The number of hydrogen-bond acceptors (Lipinski definition) is 9. The molecule has 2 unspecified atom stereocenters. The Hall–Kier alpha value is -6.74. The number of nitrogens with zero attached hydrogens (tertiary/aromatic N) is 3. The molecule has 1 spiro atoms. The molecule has 6 aromatic rings. The molecule has 0 radical (unpaired) electrons. The lowest BCUT2D eigenvalue weighted by atomic mass is 9.77. The van der Waals surface area contributed by atoms with Crippen molar-refractivity contribution in [1.29, 1.82) is 0 Å². The standard InChI is InChI=1S/C49H45N3O6/c1-6-51(7-2)34-22-25-40(43(53)29-34)48(38-16-12-10-14-36(38)46(54)57-48)31-18-20-32(21-19-31)50(5)33-24-27-44-42(28-33)49(39-17-13-11-15-37(39)47(55)58-49)41-26-23-35(30-45(41)56-44)52(8-3)9-4/h10-30,53H,6-9H2,1-5H3. The SMILES string of the molecule is CCN(CC)c1ccc(C2(c3ccc(N(C)c4ccc5c(c4)C4(OC(=O)c6ccccc64)c4ccc(N(CC)CC)cc4O5)cc3)OC(=O)c3ccccc32)c(O)c1. The van der Waals surface area contributed by atoms with Crippen LogP contribution in [0.25, 0.3) is 0 Å². The number of aromatic hydroxyl groups is 1. The van der Waals surface area contributed by atoms with E-state index < -0.39 is 17.2 Å². The second-order valence-electron chi connectivity index (χ2n) is 14.8. The van der Waals surface area contributed by atoms with Crippen molar-refractivity contribution in [2.75, 3.05) is 47.9 Å². The maximum Gasteiger partial charge on any atom is 0.340 e. The van der Waals surface area contributed by atoms with E-state index in [-0.39, 0.29) is 11.7 Å². The van der Waals surface area contributed by atoms with Gasteiger partial charge in [0.1, 0.15) is 17.2 Å². The molecule has 1 N–H and O–H groups in total. The molecule has 3 heterocycles. The number of benzene rings is 6. The summed E-state index contributed by atoms with van der Waals surface area (Å²) in [6.07, 6.45) is 0. The van der Waals surface area contributed by atoms with E-state index in [4.69, 9.17) is 14.2 Å². The van der Waals surface area contributed by atoms with Crippen LogP contribution in [0.5, 0.6) is 17.2 Å². The van der Waals surface area contributed by atoms with Crippen molar-refractivity contribution in [3.63, 3.8) is 0 Å². The molecule has 0 aromatic heterocycles. The van der Waals surface area contributed by atoms with Crippen LogP contribution in [-0.2, 0) is 20.7 Å². The number of carbonyl (C=O) groups is 2. The number of phenolic OH excluding ortho intramolecular Hbond substituents is 1. The molecule has 0 saturated heterocycles. The number of hydrogen-bond donors (Lipinski definition) is 1. The fraction of sp³-hybridized carbons (Fsp3) is 0.224. The summed E-state index contributed by atoms with van der Waals surface area (Å²) in [5.41, 5.74) is 6.14. The Morgan fingerprint density at radius 3 is 1.62 bits per heavy atom. The highest BCUT2D eigenvalue weighted by molar-refractivity contribution is 5.98. The molecule has 0 fully saturated rings. The number of carbonyl (C=O) groups excluding carboxylic acids is 2. The predicted octanol–water partition coefficient (Wildman–Crippen LogP) is 9.88. The first kappa shape index (κ1) is 36.9. The molecule has 3 aliphatic rings. The molecule has 0 saturated carbocycles. The lowest BCUT2D eigenvalue weighted by Gasteiger charge is -2.38. The highest BCUT2D eigenvalue weighted by Crippen LogP contribution is 2.57. The lowest BCUT2D eigenvalue weighted by Crippen LogP contribution is -2.33. The van der Waals surface area contributed by atoms with Crippen LogP contribution in [0.4, 0.5) is 22.7 Å².